The zero-order valence-corrected chi connectivity index (χ0v) is 22.7. The van der Waals surface area contributed by atoms with Crippen molar-refractivity contribution in [2.24, 2.45) is 0 Å². The molecule has 0 saturated heterocycles. The SMILES string of the molecule is CCNC(=O)[C@@H](CC)N(Cc1ccc(Cl)c(Cl)c1)C(=O)CN(c1cc(Cl)cc(Cl)c1)S(C)(=O)=O. The Labute approximate surface area is 220 Å². The van der Waals surface area contributed by atoms with Gasteiger partial charge in [0.1, 0.15) is 12.6 Å². The van der Waals surface area contributed by atoms with E-state index in [2.05, 4.69) is 5.32 Å². The number of hydrogen-bond acceptors (Lipinski definition) is 4. The maximum atomic E-state index is 13.5. The van der Waals surface area contributed by atoms with Crippen molar-refractivity contribution in [3.8, 4) is 0 Å². The molecule has 2 aromatic carbocycles. The second-order valence-corrected chi connectivity index (χ2v) is 11.1. The van der Waals surface area contributed by atoms with Crippen LogP contribution in [0.1, 0.15) is 25.8 Å². The number of likely N-dealkylation sites (N-methyl/N-ethyl adjacent to an activating group) is 1. The molecule has 7 nitrogen and oxygen atoms in total. The van der Waals surface area contributed by atoms with Gasteiger partial charge in [0.05, 0.1) is 22.0 Å². The van der Waals surface area contributed by atoms with Crippen molar-refractivity contribution >= 4 is 73.9 Å². The van der Waals surface area contributed by atoms with Gasteiger partial charge < -0.3 is 10.2 Å². The Morgan fingerprint density at radius 1 is 0.971 bits per heavy atom. The number of sulfonamides is 1. The lowest BCUT2D eigenvalue weighted by Gasteiger charge is -2.33. The number of hydrogen-bond donors (Lipinski definition) is 1. The van der Waals surface area contributed by atoms with Crippen molar-refractivity contribution in [3.05, 3.63) is 62.1 Å². The highest BCUT2D eigenvalue weighted by Gasteiger charge is 2.31. The Morgan fingerprint density at radius 2 is 1.59 bits per heavy atom. The van der Waals surface area contributed by atoms with Gasteiger partial charge in [-0.15, -0.1) is 0 Å². The predicted octanol–water partition coefficient (Wildman–Crippen LogP) is 5.01. The van der Waals surface area contributed by atoms with E-state index in [1.165, 1.54) is 23.1 Å². The van der Waals surface area contributed by atoms with Gasteiger partial charge >= 0.3 is 0 Å². The maximum absolute atomic E-state index is 13.5. The van der Waals surface area contributed by atoms with Gasteiger partial charge in [0, 0.05) is 23.1 Å². The lowest BCUT2D eigenvalue weighted by Crippen LogP contribution is -2.52. The predicted molar refractivity (Wildman–Crippen MR) is 138 cm³/mol. The number of halogens is 4. The first kappa shape index (κ1) is 28.5. The van der Waals surface area contributed by atoms with Crippen LogP contribution >= 0.6 is 46.4 Å². The Kier molecular flexibility index (Phi) is 10.3. The number of benzene rings is 2. The topological polar surface area (TPSA) is 86.8 Å². The van der Waals surface area contributed by atoms with Crippen LogP contribution in [-0.4, -0.2) is 50.5 Å². The van der Waals surface area contributed by atoms with Crippen molar-refractivity contribution in [2.45, 2.75) is 32.9 Å². The third-order valence-electron chi connectivity index (χ3n) is 4.89. The zero-order chi connectivity index (χ0) is 25.6. The number of nitrogens with one attached hydrogen (secondary N) is 1. The molecule has 1 atom stereocenters. The molecule has 0 aromatic heterocycles. The summed E-state index contributed by atoms with van der Waals surface area (Å²) in [5.74, 6) is -0.944. The fourth-order valence-electron chi connectivity index (χ4n) is 3.34. The molecular weight excluding hydrogens is 544 g/mol. The van der Waals surface area contributed by atoms with E-state index >= 15 is 0 Å². The highest BCUT2D eigenvalue weighted by atomic mass is 35.5. The summed E-state index contributed by atoms with van der Waals surface area (Å²) >= 11 is 24.2. The van der Waals surface area contributed by atoms with Crippen molar-refractivity contribution in [1.29, 1.82) is 0 Å². The first-order valence-electron chi connectivity index (χ1n) is 10.3. The van der Waals surface area contributed by atoms with Gasteiger partial charge in [-0.1, -0.05) is 59.4 Å². The van der Waals surface area contributed by atoms with Crippen LogP contribution in [0.2, 0.25) is 20.1 Å². The lowest BCUT2D eigenvalue weighted by atomic mass is 10.1. The van der Waals surface area contributed by atoms with Crippen LogP contribution in [0.25, 0.3) is 0 Å². The zero-order valence-electron chi connectivity index (χ0n) is 18.8. The van der Waals surface area contributed by atoms with Crippen LogP contribution in [0, 0.1) is 0 Å². The van der Waals surface area contributed by atoms with Crippen LogP contribution < -0.4 is 9.62 Å². The number of amides is 2. The molecular formula is C22H25Cl4N3O4S. The summed E-state index contributed by atoms with van der Waals surface area (Å²) < 4.78 is 26.1. The molecule has 0 saturated carbocycles. The summed E-state index contributed by atoms with van der Waals surface area (Å²) in [6.07, 6.45) is 1.28. The minimum atomic E-state index is -3.90. The highest BCUT2D eigenvalue weighted by Crippen LogP contribution is 2.28. The van der Waals surface area contributed by atoms with Gasteiger partial charge in [-0.25, -0.2) is 8.42 Å². The van der Waals surface area contributed by atoms with E-state index in [0.29, 0.717) is 28.6 Å². The Bertz CT molecular complexity index is 1140. The molecule has 1 N–H and O–H groups in total. The number of rotatable bonds is 10. The summed E-state index contributed by atoms with van der Waals surface area (Å²) in [6.45, 7) is 3.36. The first-order chi connectivity index (χ1) is 15.9. The van der Waals surface area contributed by atoms with E-state index in [1.807, 2.05) is 0 Å². The summed E-state index contributed by atoms with van der Waals surface area (Å²) in [7, 11) is -3.90. The molecule has 0 aliphatic heterocycles. The summed E-state index contributed by atoms with van der Waals surface area (Å²) in [5, 5.41) is 3.79. The molecule has 0 unspecified atom stereocenters. The summed E-state index contributed by atoms with van der Waals surface area (Å²) in [6, 6.07) is 8.27. The monoisotopic (exact) mass is 567 g/mol. The lowest BCUT2D eigenvalue weighted by molar-refractivity contribution is -0.140. The minimum absolute atomic E-state index is 0.0132. The average Bonchev–Trinajstić information content (AvgIpc) is 2.72. The van der Waals surface area contributed by atoms with Gasteiger partial charge in [0.15, 0.2) is 0 Å². The van der Waals surface area contributed by atoms with Crippen molar-refractivity contribution < 1.29 is 18.0 Å². The molecule has 186 valence electrons. The number of carbonyl (C=O) groups excluding carboxylic acids is 2. The second-order valence-electron chi connectivity index (χ2n) is 7.49. The molecule has 0 spiro atoms. The third-order valence-corrected chi connectivity index (χ3v) is 7.20. The van der Waals surface area contributed by atoms with E-state index in [0.717, 1.165) is 10.6 Å². The van der Waals surface area contributed by atoms with Crippen molar-refractivity contribution in [2.75, 3.05) is 23.7 Å². The Hall–Kier alpha value is -1.71. The minimum Gasteiger partial charge on any atom is -0.355 e. The molecule has 2 aromatic rings. The van der Waals surface area contributed by atoms with E-state index < -0.39 is 28.5 Å². The van der Waals surface area contributed by atoms with Crippen LogP contribution in [0.3, 0.4) is 0 Å². The number of anilines is 1. The molecule has 12 heteroatoms. The van der Waals surface area contributed by atoms with E-state index in [4.69, 9.17) is 46.4 Å². The summed E-state index contributed by atoms with van der Waals surface area (Å²) in [4.78, 5) is 27.6. The number of nitrogens with zero attached hydrogens (tertiary/aromatic N) is 2. The van der Waals surface area contributed by atoms with Crippen molar-refractivity contribution in [1.82, 2.24) is 10.2 Å². The number of carbonyl (C=O) groups is 2. The van der Waals surface area contributed by atoms with E-state index in [-0.39, 0.29) is 28.2 Å². The van der Waals surface area contributed by atoms with Crippen LogP contribution in [0.15, 0.2) is 36.4 Å². The van der Waals surface area contributed by atoms with Gasteiger partial charge in [0.25, 0.3) is 0 Å². The molecule has 34 heavy (non-hydrogen) atoms. The van der Waals surface area contributed by atoms with E-state index in [9.17, 15) is 18.0 Å². The van der Waals surface area contributed by atoms with Gasteiger partial charge in [-0.05, 0) is 49.2 Å². The van der Waals surface area contributed by atoms with Gasteiger partial charge in [-0.3, -0.25) is 13.9 Å². The third kappa shape index (κ3) is 7.65. The largest absolute Gasteiger partial charge is 0.355 e. The smallest absolute Gasteiger partial charge is 0.244 e. The van der Waals surface area contributed by atoms with Gasteiger partial charge in [-0.2, -0.15) is 0 Å². The maximum Gasteiger partial charge on any atom is 0.244 e. The molecule has 0 bridgehead atoms. The van der Waals surface area contributed by atoms with Crippen LogP contribution in [-0.2, 0) is 26.2 Å². The molecule has 0 aliphatic carbocycles. The normalized spacial score (nSPS) is 12.2. The summed E-state index contributed by atoms with van der Waals surface area (Å²) in [5.41, 5.74) is 0.760. The molecule has 0 fully saturated rings. The van der Waals surface area contributed by atoms with Crippen molar-refractivity contribution in [3.63, 3.8) is 0 Å². The van der Waals surface area contributed by atoms with Crippen LogP contribution in [0.4, 0.5) is 5.69 Å². The standard InChI is InChI=1S/C22H25Cl4N3O4S/c1-4-20(22(31)27-5-2)28(12-14-6-7-18(25)19(26)8-14)21(30)13-29(34(3,32)33)17-10-15(23)9-16(24)11-17/h6-11,20H,4-5,12-13H2,1-3H3,(H,27,31)/t20-/m1/s1. The van der Waals surface area contributed by atoms with Gasteiger partial charge in [0.2, 0.25) is 21.8 Å². The first-order valence-corrected chi connectivity index (χ1v) is 13.7. The highest BCUT2D eigenvalue weighted by molar-refractivity contribution is 7.92. The molecule has 0 heterocycles. The fraction of sp³-hybridized carbons (Fsp3) is 0.364. The molecule has 2 amide bonds. The fourth-order valence-corrected chi connectivity index (χ4v) is 5.01. The quantitative estimate of drug-likeness (QED) is 0.436. The molecule has 0 radical (unpaired) electrons. The molecule has 2 rings (SSSR count). The van der Waals surface area contributed by atoms with E-state index in [1.54, 1.807) is 32.0 Å². The Balaban J connectivity index is 2.48. The average molecular weight is 569 g/mol. The van der Waals surface area contributed by atoms with Crippen LogP contribution in [0.5, 0.6) is 0 Å². The second kappa shape index (κ2) is 12.3. The molecule has 0 aliphatic rings. The Morgan fingerprint density at radius 3 is 2.09 bits per heavy atom.